The van der Waals surface area contributed by atoms with E-state index in [1.165, 1.54) is 7.11 Å². The van der Waals surface area contributed by atoms with Gasteiger partial charge in [0.2, 0.25) is 0 Å². The number of ether oxygens (including phenoxy) is 2. The molecule has 0 aromatic rings. The van der Waals surface area contributed by atoms with Crippen LogP contribution in [0.3, 0.4) is 0 Å². The van der Waals surface area contributed by atoms with Crippen molar-refractivity contribution in [3.8, 4) is 0 Å². The highest BCUT2D eigenvalue weighted by Crippen LogP contribution is 2.20. The second-order valence-corrected chi connectivity index (χ2v) is 2.99. The van der Waals surface area contributed by atoms with Gasteiger partial charge in [-0.15, -0.1) is 0 Å². The van der Waals surface area contributed by atoms with Gasteiger partial charge in [0.1, 0.15) is 24.4 Å². The molecule has 0 bridgehead atoms. The van der Waals surface area contributed by atoms with E-state index in [2.05, 4.69) is 0 Å². The summed E-state index contributed by atoms with van der Waals surface area (Å²) in [6.07, 6.45) is -5.35. The summed E-state index contributed by atoms with van der Waals surface area (Å²) in [5, 5.41) is 28.0. The van der Waals surface area contributed by atoms with Crippen LogP contribution >= 0.6 is 0 Å². The molecule has 5 atom stereocenters. The normalized spacial score (nSPS) is 46.4. The van der Waals surface area contributed by atoms with Crippen LogP contribution in [0.4, 0.5) is 0 Å². The highest BCUT2D eigenvalue weighted by Gasteiger charge is 2.43. The molecular formula is C7H15NO5. The second kappa shape index (κ2) is 4.32. The highest BCUT2D eigenvalue weighted by molar-refractivity contribution is 4.89. The Balaban J connectivity index is 2.66. The van der Waals surface area contributed by atoms with E-state index in [4.69, 9.17) is 15.2 Å². The Morgan fingerprint density at radius 1 is 1.23 bits per heavy atom. The van der Waals surface area contributed by atoms with Crippen molar-refractivity contribution in [1.82, 2.24) is 0 Å². The van der Waals surface area contributed by atoms with Crippen LogP contribution in [0.5, 0.6) is 0 Å². The number of hydrogen-bond donors (Lipinski definition) is 4. The molecule has 0 radical (unpaired) electrons. The Morgan fingerprint density at radius 2 is 1.85 bits per heavy atom. The Hall–Kier alpha value is -0.240. The van der Waals surface area contributed by atoms with Gasteiger partial charge in [-0.25, -0.2) is 0 Å². The molecule has 13 heavy (non-hydrogen) atoms. The molecule has 0 aromatic carbocycles. The first-order valence-electron chi connectivity index (χ1n) is 4.04. The zero-order chi connectivity index (χ0) is 10.0. The quantitative estimate of drug-likeness (QED) is 0.383. The van der Waals surface area contributed by atoms with E-state index in [9.17, 15) is 15.3 Å². The molecular weight excluding hydrogens is 178 g/mol. The topological polar surface area (TPSA) is 105 Å². The second-order valence-electron chi connectivity index (χ2n) is 2.99. The average molecular weight is 193 g/mol. The summed E-state index contributed by atoms with van der Waals surface area (Å²) >= 11 is 0. The van der Waals surface area contributed by atoms with Crippen molar-refractivity contribution in [3.05, 3.63) is 0 Å². The summed E-state index contributed by atoms with van der Waals surface area (Å²) in [6, 6.07) is 0. The lowest BCUT2D eigenvalue weighted by molar-refractivity contribution is -0.287. The lowest BCUT2D eigenvalue weighted by Crippen LogP contribution is -2.59. The van der Waals surface area contributed by atoms with Gasteiger partial charge >= 0.3 is 0 Å². The van der Waals surface area contributed by atoms with Crippen molar-refractivity contribution in [2.24, 2.45) is 5.73 Å². The lowest BCUT2D eigenvalue weighted by Gasteiger charge is -2.39. The maximum absolute atomic E-state index is 9.35. The van der Waals surface area contributed by atoms with E-state index >= 15 is 0 Å². The van der Waals surface area contributed by atoms with Crippen LogP contribution in [0.2, 0.25) is 0 Å². The van der Waals surface area contributed by atoms with E-state index in [0.717, 1.165) is 0 Å². The minimum absolute atomic E-state index is 0.0603. The number of rotatable bonds is 2. The van der Waals surface area contributed by atoms with Crippen LogP contribution in [0.15, 0.2) is 0 Å². The first-order valence-corrected chi connectivity index (χ1v) is 4.04. The van der Waals surface area contributed by atoms with E-state index in [1.54, 1.807) is 0 Å². The molecule has 5 N–H and O–H groups in total. The zero-order valence-electron chi connectivity index (χ0n) is 7.33. The summed E-state index contributed by atoms with van der Waals surface area (Å²) < 4.78 is 9.83. The maximum atomic E-state index is 9.35. The van der Waals surface area contributed by atoms with Crippen LogP contribution in [0.1, 0.15) is 0 Å². The van der Waals surface area contributed by atoms with Crippen LogP contribution in [-0.4, -0.2) is 59.7 Å². The largest absolute Gasteiger partial charge is 0.388 e. The minimum atomic E-state index is -1.28. The third kappa shape index (κ3) is 1.98. The lowest BCUT2D eigenvalue weighted by atomic mass is 9.99. The molecule has 0 spiro atoms. The summed E-state index contributed by atoms with van der Waals surface area (Å²) in [4.78, 5) is 0. The Kier molecular flexibility index (Phi) is 3.60. The average Bonchev–Trinajstić information content (AvgIpc) is 2.15. The van der Waals surface area contributed by atoms with Crippen molar-refractivity contribution in [2.75, 3.05) is 13.7 Å². The number of nitrogens with two attached hydrogens (primary N) is 1. The number of aliphatic hydroxyl groups is 3. The van der Waals surface area contributed by atoms with Crippen molar-refractivity contribution >= 4 is 0 Å². The van der Waals surface area contributed by atoms with Gasteiger partial charge in [-0.05, 0) is 0 Å². The van der Waals surface area contributed by atoms with E-state index in [-0.39, 0.29) is 6.54 Å². The Labute approximate surface area is 75.9 Å². The highest BCUT2D eigenvalue weighted by atomic mass is 16.7. The SMILES string of the molecule is COC1O[C@H](CN)[C@@H](O)[C@H](O)[C@H]1O. The van der Waals surface area contributed by atoms with Crippen molar-refractivity contribution < 1.29 is 24.8 Å². The van der Waals surface area contributed by atoms with Crippen molar-refractivity contribution in [2.45, 2.75) is 30.7 Å². The summed E-state index contributed by atoms with van der Waals surface area (Å²) in [5.41, 5.74) is 5.28. The molecule has 1 heterocycles. The standard InChI is InChI=1S/C7H15NO5/c1-12-7-6(11)5(10)4(9)3(2-8)13-7/h3-7,9-11H,2,8H2,1H3/t3-,4-,5+,6-,7?/m1/s1. The van der Waals surface area contributed by atoms with Crippen LogP contribution < -0.4 is 5.73 Å². The molecule has 0 aromatic heterocycles. The monoisotopic (exact) mass is 193 g/mol. The molecule has 0 saturated carbocycles. The summed E-state index contributed by atoms with van der Waals surface area (Å²) in [7, 11) is 1.34. The smallest absolute Gasteiger partial charge is 0.186 e. The molecule has 0 aliphatic carbocycles. The predicted molar refractivity (Wildman–Crippen MR) is 42.7 cm³/mol. The van der Waals surface area contributed by atoms with Gasteiger partial charge in [0, 0.05) is 13.7 Å². The van der Waals surface area contributed by atoms with Crippen LogP contribution in [-0.2, 0) is 9.47 Å². The Morgan fingerprint density at radius 3 is 2.31 bits per heavy atom. The van der Waals surface area contributed by atoms with Gasteiger partial charge < -0.3 is 30.5 Å². The van der Waals surface area contributed by atoms with Gasteiger partial charge in [0.25, 0.3) is 0 Å². The first kappa shape index (κ1) is 10.8. The molecule has 1 aliphatic heterocycles. The fraction of sp³-hybridized carbons (Fsp3) is 1.00. The van der Waals surface area contributed by atoms with Gasteiger partial charge in [-0.2, -0.15) is 0 Å². The fourth-order valence-electron chi connectivity index (χ4n) is 1.31. The van der Waals surface area contributed by atoms with E-state index in [1.807, 2.05) is 0 Å². The van der Waals surface area contributed by atoms with Gasteiger partial charge in [-0.1, -0.05) is 0 Å². The molecule has 1 aliphatic rings. The van der Waals surface area contributed by atoms with Crippen molar-refractivity contribution in [1.29, 1.82) is 0 Å². The molecule has 1 unspecified atom stereocenters. The zero-order valence-corrected chi connectivity index (χ0v) is 7.33. The molecule has 1 fully saturated rings. The molecule has 6 heteroatoms. The molecule has 0 amide bonds. The first-order chi connectivity index (χ1) is 6.11. The van der Waals surface area contributed by atoms with Gasteiger partial charge in [0.05, 0.1) is 0 Å². The third-order valence-corrected chi connectivity index (χ3v) is 2.13. The molecule has 6 nitrogen and oxygen atoms in total. The predicted octanol–water partition coefficient (Wildman–Crippen LogP) is -2.60. The van der Waals surface area contributed by atoms with Crippen molar-refractivity contribution in [3.63, 3.8) is 0 Å². The van der Waals surface area contributed by atoms with E-state index in [0.29, 0.717) is 0 Å². The van der Waals surface area contributed by atoms with Gasteiger partial charge in [0.15, 0.2) is 6.29 Å². The summed E-state index contributed by atoms with van der Waals surface area (Å²) in [6.45, 7) is 0.0603. The van der Waals surface area contributed by atoms with E-state index < -0.39 is 30.7 Å². The third-order valence-electron chi connectivity index (χ3n) is 2.13. The number of methoxy groups -OCH3 is 1. The molecule has 1 saturated heterocycles. The number of aliphatic hydroxyl groups excluding tert-OH is 3. The Bertz CT molecular complexity index is 147. The van der Waals surface area contributed by atoms with Crippen LogP contribution in [0, 0.1) is 0 Å². The molecule has 78 valence electrons. The number of hydrogen-bond acceptors (Lipinski definition) is 6. The minimum Gasteiger partial charge on any atom is -0.388 e. The maximum Gasteiger partial charge on any atom is 0.186 e. The van der Waals surface area contributed by atoms with Gasteiger partial charge in [-0.3, -0.25) is 0 Å². The summed E-state index contributed by atoms with van der Waals surface area (Å²) in [5.74, 6) is 0. The fourth-order valence-corrected chi connectivity index (χ4v) is 1.31. The van der Waals surface area contributed by atoms with Crippen LogP contribution in [0.25, 0.3) is 0 Å². The molecule has 1 rings (SSSR count).